The number of benzene rings is 2. The van der Waals surface area contributed by atoms with Crippen LogP contribution in [0.4, 0.5) is 0 Å². The van der Waals surface area contributed by atoms with Crippen LogP contribution in [0.5, 0.6) is 11.5 Å². The van der Waals surface area contributed by atoms with E-state index in [-0.39, 0.29) is 5.91 Å². The molecule has 2 heterocycles. The van der Waals surface area contributed by atoms with Gasteiger partial charge >= 0.3 is 0 Å². The van der Waals surface area contributed by atoms with Crippen molar-refractivity contribution >= 4 is 5.91 Å². The second-order valence-electron chi connectivity index (χ2n) is 7.88. The first-order valence-electron chi connectivity index (χ1n) is 11.0. The first kappa shape index (κ1) is 21.9. The van der Waals surface area contributed by atoms with E-state index in [4.69, 9.17) is 9.47 Å². The van der Waals surface area contributed by atoms with Gasteiger partial charge in [0, 0.05) is 24.3 Å². The number of amides is 1. The quantitative estimate of drug-likeness (QED) is 0.585. The maximum atomic E-state index is 13.3. The number of carbonyl (C=O) groups excluding carboxylic acids is 1. The van der Waals surface area contributed by atoms with E-state index in [0.29, 0.717) is 29.8 Å². The standard InChI is InChI=1S/C25H30N4O3/c1-4-28-14-8-11-20(28)16-26-25(30)24-21(17-29(27-24)19-9-6-5-7-10-19)18-12-13-22(31-2)23(15-18)32-3/h5-7,9-10,12-13,15,17,20H,4,8,11,14,16H2,1-3H3,(H,26,30). The molecule has 2 aromatic carbocycles. The number of nitrogens with zero attached hydrogens (tertiary/aromatic N) is 3. The fraction of sp³-hybridized carbons (Fsp3) is 0.360. The van der Waals surface area contributed by atoms with Gasteiger partial charge in [-0.05, 0) is 55.8 Å². The van der Waals surface area contributed by atoms with Crippen LogP contribution in [-0.2, 0) is 0 Å². The summed E-state index contributed by atoms with van der Waals surface area (Å²) in [5.74, 6) is 1.07. The molecular formula is C25H30N4O3. The zero-order valence-corrected chi connectivity index (χ0v) is 18.9. The third kappa shape index (κ3) is 4.48. The Morgan fingerprint density at radius 3 is 2.62 bits per heavy atom. The average molecular weight is 435 g/mol. The fourth-order valence-electron chi connectivity index (χ4n) is 4.31. The summed E-state index contributed by atoms with van der Waals surface area (Å²) in [7, 11) is 3.20. The van der Waals surface area contributed by atoms with Crippen molar-refractivity contribution in [3.8, 4) is 28.3 Å². The van der Waals surface area contributed by atoms with Gasteiger partial charge in [0.25, 0.3) is 5.91 Å². The number of para-hydroxylation sites is 1. The molecule has 3 aromatic rings. The van der Waals surface area contributed by atoms with Crippen LogP contribution < -0.4 is 14.8 Å². The number of aromatic nitrogens is 2. The second-order valence-corrected chi connectivity index (χ2v) is 7.88. The molecule has 1 atom stereocenters. The normalized spacial score (nSPS) is 16.2. The van der Waals surface area contributed by atoms with E-state index >= 15 is 0 Å². The predicted molar refractivity (Wildman–Crippen MR) is 125 cm³/mol. The van der Waals surface area contributed by atoms with Crippen molar-refractivity contribution in [2.75, 3.05) is 33.9 Å². The molecular weight excluding hydrogens is 404 g/mol. The molecule has 1 fully saturated rings. The molecule has 1 amide bonds. The number of rotatable bonds is 8. The number of hydrogen-bond acceptors (Lipinski definition) is 5. The summed E-state index contributed by atoms with van der Waals surface area (Å²) in [4.78, 5) is 15.7. The van der Waals surface area contributed by atoms with E-state index in [2.05, 4.69) is 22.2 Å². The summed E-state index contributed by atoms with van der Waals surface area (Å²) in [6.07, 6.45) is 4.17. The Kier molecular flexibility index (Phi) is 6.75. The molecule has 168 valence electrons. The van der Waals surface area contributed by atoms with Gasteiger partial charge in [-0.2, -0.15) is 5.10 Å². The van der Waals surface area contributed by atoms with Crippen LogP contribution in [0.25, 0.3) is 16.8 Å². The first-order chi connectivity index (χ1) is 15.6. The molecule has 32 heavy (non-hydrogen) atoms. The van der Waals surface area contributed by atoms with Crippen molar-refractivity contribution < 1.29 is 14.3 Å². The lowest BCUT2D eigenvalue weighted by molar-refractivity contribution is 0.0936. The number of nitrogens with one attached hydrogen (secondary N) is 1. The minimum absolute atomic E-state index is 0.174. The molecule has 7 heteroatoms. The van der Waals surface area contributed by atoms with Crippen molar-refractivity contribution in [2.24, 2.45) is 0 Å². The lowest BCUT2D eigenvalue weighted by Crippen LogP contribution is -2.40. The lowest BCUT2D eigenvalue weighted by atomic mass is 10.1. The van der Waals surface area contributed by atoms with Crippen LogP contribution in [0.2, 0.25) is 0 Å². The number of hydrogen-bond donors (Lipinski definition) is 1. The van der Waals surface area contributed by atoms with Crippen LogP contribution in [0, 0.1) is 0 Å². The third-order valence-electron chi connectivity index (χ3n) is 6.05. The smallest absolute Gasteiger partial charge is 0.272 e. The maximum absolute atomic E-state index is 13.3. The van der Waals surface area contributed by atoms with E-state index in [9.17, 15) is 4.79 Å². The molecule has 0 spiro atoms. The van der Waals surface area contributed by atoms with Crippen molar-refractivity contribution in [1.82, 2.24) is 20.0 Å². The van der Waals surface area contributed by atoms with Crippen molar-refractivity contribution in [2.45, 2.75) is 25.8 Å². The Labute approximate surface area is 188 Å². The van der Waals surface area contributed by atoms with E-state index in [0.717, 1.165) is 36.3 Å². The van der Waals surface area contributed by atoms with Gasteiger partial charge in [0.1, 0.15) is 0 Å². The summed E-state index contributed by atoms with van der Waals surface area (Å²) in [6.45, 7) is 4.88. The van der Waals surface area contributed by atoms with Crippen LogP contribution >= 0.6 is 0 Å². The summed E-state index contributed by atoms with van der Waals surface area (Å²) in [5.41, 5.74) is 2.86. The van der Waals surface area contributed by atoms with Gasteiger partial charge in [0.15, 0.2) is 17.2 Å². The molecule has 7 nitrogen and oxygen atoms in total. The molecule has 1 aromatic heterocycles. The minimum atomic E-state index is -0.174. The lowest BCUT2D eigenvalue weighted by Gasteiger charge is -2.22. The highest BCUT2D eigenvalue weighted by Gasteiger charge is 2.25. The minimum Gasteiger partial charge on any atom is -0.493 e. The monoisotopic (exact) mass is 434 g/mol. The highest BCUT2D eigenvalue weighted by molar-refractivity contribution is 5.99. The van der Waals surface area contributed by atoms with E-state index in [1.54, 1.807) is 18.9 Å². The largest absolute Gasteiger partial charge is 0.493 e. The van der Waals surface area contributed by atoms with Crippen LogP contribution in [0.1, 0.15) is 30.3 Å². The van der Waals surface area contributed by atoms with Gasteiger partial charge in [-0.1, -0.05) is 31.2 Å². The summed E-state index contributed by atoms with van der Waals surface area (Å²) >= 11 is 0. The Morgan fingerprint density at radius 1 is 1.12 bits per heavy atom. The average Bonchev–Trinajstić information content (AvgIpc) is 3.49. The van der Waals surface area contributed by atoms with Gasteiger partial charge in [-0.15, -0.1) is 0 Å². The third-order valence-corrected chi connectivity index (χ3v) is 6.05. The SMILES string of the molecule is CCN1CCCC1CNC(=O)c1nn(-c2ccccc2)cc1-c1ccc(OC)c(OC)c1. The fourth-order valence-corrected chi connectivity index (χ4v) is 4.31. The summed E-state index contributed by atoms with van der Waals surface area (Å²) in [5, 5.41) is 7.78. The summed E-state index contributed by atoms with van der Waals surface area (Å²) < 4.78 is 12.6. The molecule has 0 aliphatic carbocycles. The number of likely N-dealkylation sites (tertiary alicyclic amines) is 1. The molecule has 1 aliphatic heterocycles. The highest BCUT2D eigenvalue weighted by Crippen LogP contribution is 2.34. The maximum Gasteiger partial charge on any atom is 0.272 e. The molecule has 1 saturated heterocycles. The van der Waals surface area contributed by atoms with Crippen molar-refractivity contribution in [3.05, 3.63) is 60.4 Å². The van der Waals surface area contributed by atoms with Crippen LogP contribution in [0.15, 0.2) is 54.7 Å². The number of methoxy groups -OCH3 is 2. The number of carbonyl (C=O) groups is 1. The number of ether oxygens (including phenoxy) is 2. The second kappa shape index (κ2) is 9.87. The molecule has 1 aliphatic rings. The first-order valence-corrected chi connectivity index (χ1v) is 11.0. The molecule has 0 bridgehead atoms. The van der Waals surface area contributed by atoms with Crippen LogP contribution in [0.3, 0.4) is 0 Å². The predicted octanol–water partition coefficient (Wildman–Crippen LogP) is 3.77. The van der Waals surface area contributed by atoms with Gasteiger partial charge in [0.2, 0.25) is 0 Å². The Balaban J connectivity index is 1.67. The molecule has 0 radical (unpaired) electrons. The van der Waals surface area contributed by atoms with Crippen molar-refractivity contribution in [1.29, 1.82) is 0 Å². The zero-order valence-electron chi connectivity index (χ0n) is 18.9. The highest BCUT2D eigenvalue weighted by atomic mass is 16.5. The number of likely N-dealkylation sites (N-methyl/N-ethyl adjacent to an activating group) is 1. The molecule has 1 unspecified atom stereocenters. The van der Waals surface area contributed by atoms with E-state index < -0.39 is 0 Å². The Bertz CT molecular complexity index is 1060. The Morgan fingerprint density at radius 2 is 1.91 bits per heavy atom. The van der Waals surface area contributed by atoms with Gasteiger partial charge < -0.3 is 14.8 Å². The Hall–Kier alpha value is -3.32. The van der Waals surface area contributed by atoms with Crippen molar-refractivity contribution in [3.63, 3.8) is 0 Å². The van der Waals surface area contributed by atoms with Gasteiger partial charge in [-0.3, -0.25) is 9.69 Å². The summed E-state index contributed by atoms with van der Waals surface area (Å²) in [6, 6.07) is 15.8. The topological polar surface area (TPSA) is 68.6 Å². The molecule has 4 rings (SSSR count). The molecule has 0 saturated carbocycles. The zero-order chi connectivity index (χ0) is 22.5. The van der Waals surface area contributed by atoms with E-state index in [1.165, 1.54) is 6.42 Å². The van der Waals surface area contributed by atoms with Gasteiger partial charge in [0.05, 0.1) is 19.9 Å². The van der Waals surface area contributed by atoms with E-state index in [1.807, 2.05) is 54.7 Å². The molecule has 1 N–H and O–H groups in total. The van der Waals surface area contributed by atoms with Crippen LogP contribution in [-0.4, -0.2) is 60.5 Å². The van der Waals surface area contributed by atoms with Gasteiger partial charge in [-0.25, -0.2) is 4.68 Å².